The van der Waals surface area contributed by atoms with E-state index in [2.05, 4.69) is 33.7 Å². The summed E-state index contributed by atoms with van der Waals surface area (Å²) >= 11 is 4.30. The summed E-state index contributed by atoms with van der Waals surface area (Å²) in [5, 5.41) is 4.30. The fraction of sp³-hybridized carbons (Fsp3) is 1.00. The smallest absolute Gasteiger partial charge is 0.0265 e. The quantitative estimate of drug-likeness (QED) is 0.735. The zero-order valence-electron chi connectivity index (χ0n) is 8.00. The zero-order valence-corrected chi connectivity index (χ0v) is 9.63. The van der Waals surface area contributed by atoms with Gasteiger partial charge in [-0.1, -0.05) is 0 Å². The van der Waals surface area contributed by atoms with Crippen LogP contribution in [0.4, 0.5) is 0 Å². The standard InChI is InChI=1S/C9H18N2S2/c1-3-11(4-2-10-1)7-9-8-12-5-6-13-9/h9-10H,1-8H2. The molecule has 76 valence electrons. The summed E-state index contributed by atoms with van der Waals surface area (Å²) in [7, 11) is 0. The lowest BCUT2D eigenvalue weighted by Gasteiger charge is -2.31. The van der Waals surface area contributed by atoms with Gasteiger partial charge >= 0.3 is 0 Å². The van der Waals surface area contributed by atoms with Crippen LogP contribution in [0.3, 0.4) is 0 Å². The van der Waals surface area contributed by atoms with Gasteiger partial charge in [0.1, 0.15) is 0 Å². The predicted octanol–water partition coefficient (Wildman–Crippen LogP) is 0.740. The van der Waals surface area contributed by atoms with Crippen molar-refractivity contribution >= 4 is 23.5 Å². The van der Waals surface area contributed by atoms with E-state index in [1.165, 1.54) is 50.0 Å². The summed E-state index contributed by atoms with van der Waals surface area (Å²) in [6.07, 6.45) is 0. The highest BCUT2D eigenvalue weighted by atomic mass is 32.2. The summed E-state index contributed by atoms with van der Waals surface area (Å²) in [4.78, 5) is 2.61. The SMILES string of the molecule is C1CN(CC2CSCCS2)CCN1. The molecule has 0 aromatic heterocycles. The minimum Gasteiger partial charge on any atom is -0.314 e. The molecule has 1 atom stereocenters. The van der Waals surface area contributed by atoms with Crippen LogP contribution in [0.15, 0.2) is 0 Å². The van der Waals surface area contributed by atoms with E-state index < -0.39 is 0 Å². The van der Waals surface area contributed by atoms with Crippen LogP contribution >= 0.6 is 23.5 Å². The summed E-state index contributed by atoms with van der Waals surface area (Å²) in [6.45, 7) is 6.19. The molecule has 2 rings (SSSR count). The van der Waals surface area contributed by atoms with E-state index >= 15 is 0 Å². The third-order valence-corrected chi connectivity index (χ3v) is 5.38. The first-order chi connectivity index (χ1) is 6.45. The van der Waals surface area contributed by atoms with Crippen LogP contribution in [-0.2, 0) is 0 Å². The molecule has 0 aliphatic carbocycles. The average molecular weight is 218 g/mol. The van der Waals surface area contributed by atoms with Crippen molar-refractivity contribution in [2.45, 2.75) is 5.25 Å². The second-order valence-corrected chi connectivity index (χ2v) is 6.18. The van der Waals surface area contributed by atoms with E-state index in [4.69, 9.17) is 0 Å². The molecule has 13 heavy (non-hydrogen) atoms. The van der Waals surface area contributed by atoms with Crippen LogP contribution in [0.5, 0.6) is 0 Å². The van der Waals surface area contributed by atoms with Crippen molar-refractivity contribution in [3.8, 4) is 0 Å². The van der Waals surface area contributed by atoms with Crippen molar-refractivity contribution in [2.24, 2.45) is 0 Å². The van der Waals surface area contributed by atoms with Crippen LogP contribution < -0.4 is 5.32 Å². The monoisotopic (exact) mass is 218 g/mol. The van der Waals surface area contributed by atoms with Gasteiger partial charge in [0.15, 0.2) is 0 Å². The van der Waals surface area contributed by atoms with Gasteiger partial charge in [-0.25, -0.2) is 0 Å². The molecule has 2 nitrogen and oxygen atoms in total. The number of nitrogens with one attached hydrogen (secondary N) is 1. The van der Waals surface area contributed by atoms with Gasteiger partial charge < -0.3 is 5.32 Å². The fourth-order valence-corrected chi connectivity index (χ4v) is 4.54. The molecule has 0 amide bonds. The Bertz CT molecular complexity index is 127. The van der Waals surface area contributed by atoms with Gasteiger partial charge in [0.05, 0.1) is 0 Å². The maximum Gasteiger partial charge on any atom is 0.0265 e. The molecule has 0 spiro atoms. The fourth-order valence-electron chi connectivity index (χ4n) is 1.82. The largest absolute Gasteiger partial charge is 0.314 e. The van der Waals surface area contributed by atoms with E-state index in [-0.39, 0.29) is 0 Å². The molecule has 2 saturated heterocycles. The van der Waals surface area contributed by atoms with Crippen LogP contribution in [0.2, 0.25) is 0 Å². The van der Waals surface area contributed by atoms with Crippen molar-refractivity contribution < 1.29 is 0 Å². The zero-order chi connectivity index (χ0) is 8.93. The molecule has 0 aromatic carbocycles. The van der Waals surface area contributed by atoms with Gasteiger partial charge in [-0.2, -0.15) is 23.5 Å². The molecule has 2 aliphatic rings. The van der Waals surface area contributed by atoms with Crippen molar-refractivity contribution in [1.29, 1.82) is 0 Å². The number of rotatable bonds is 2. The van der Waals surface area contributed by atoms with Crippen LogP contribution in [0.25, 0.3) is 0 Å². The summed E-state index contributed by atoms with van der Waals surface area (Å²) in [6, 6.07) is 0. The summed E-state index contributed by atoms with van der Waals surface area (Å²) in [5.41, 5.74) is 0. The lowest BCUT2D eigenvalue weighted by atomic mass is 10.3. The molecule has 0 radical (unpaired) electrons. The van der Waals surface area contributed by atoms with E-state index in [0.717, 1.165) is 5.25 Å². The van der Waals surface area contributed by atoms with Gasteiger partial charge in [0, 0.05) is 55.2 Å². The molecule has 0 aromatic rings. The molecule has 2 heterocycles. The number of hydrogen-bond acceptors (Lipinski definition) is 4. The van der Waals surface area contributed by atoms with Gasteiger partial charge in [-0.3, -0.25) is 4.90 Å². The summed E-state index contributed by atoms with van der Waals surface area (Å²) < 4.78 is 0. The third-order valence-electron chi connectivity index (χ3n) is 2.56. The highest BCUT2D eigenvalue weighted by Crippen LogP contribution is 2.24. The topological polar surface area (TPSA) is 15.3 Å². The Morgan fingerprint density at radius 2 is 2.08 bits per heavy atom. The van der Waals surface area contributed by atoms with Crippen LogP contribution in [-0.4, -0.2) is 60.1 Å². The normalized spacial score (nSPS) is 31.8. The van der Waals surface area contributed by atoms with Crippen molar-refractivity contribution in [3.05, 3.63) is 0 Å². The molecular weight excluding hydrogens is 200 g/mol. The Morgan fingerprint density at radius 1 is 1.23 bits per heavy atom. The predicted molar refractivity (Wildman–Crippen MR) is 62.9 cm³/mol. The summed E-state index contributed by atoms with van der Waals surface area (Å²) in [5.74, 6) is 4.10. The first kappa shape index (κ1) is 10.1. The number of piperazine rings is 1. The Hall–Kier alpha value is 0.620. The Balaban J connectivity index is 1.69. The van der Waals surface area contributed by atoms with E-state index in [9.17, 15) is 0 Å². The average Bonchev–Trinajstić information content (AvgIpc) is 2.21. The Morgan fingerprint density at radius 3 is 2.77 bits per heavy atom. The maximum atomic E-state index is 3.40. The lowest BCUT2D eigenvalue weighted by Crippen LogP contribution is -2.46. The molecule has 0 bridgehead atoms. The van der Waals surface area contributed by atoms with Gasteiger partial charge in [-0.05, 0) is 0 Å². The van der Waals surface area contributed by atoms with Crippen molar-refractivity contribution in [1.82, 2.24) is 10.2 Å². The highest BCUT2D eigenvalue weighted by Gasteiger charge is 2.18. The Labute approximate surface area is 89.2 Å². The van der Waals surface area contributed by atoms with E-state index in [0.29, 0.717) is 0 Å². The van der Waals surface area contributed by atoms with Crippen molar-refractivity contribution in [2.75, 3.05) is 50.0 Å². The molecule has 1 unspecified atom stereocenters. The molecule has 1 N–H and O–H groups in total. The number of thioether (sulfide) groups is 2. The molecule has 2 fully saturated rings. The second-order valence-electron chi connectivity index (χ2n) is 3.62. The Kier molecular flexibility index (Phi) is 4.28. The van der Waals surface area contributed by atoms with Crippen LogP contribution in [0.1, 0.15) is 0 Å². The second kappa shape index (κ2) is 5.49. The third kappa shape index (κ3) is 3.35. The molecule has 0 saturated carbocycles. The van der Waals surface area contributed by atoms with E-state index in [1.807, 2.05) is 0 Å². The minimum atomic E-state index is 0.900. The first-order valence-electron chi connectivity index (χ1n) is 5.07. The van der Waals surface area contributed by atoms with Gasteiger partial charge in [0.25, 0.3) is 0 Å². The number of hydrogen-bond donors (Lipinski definition) is 1. The van der Waals surface area contributed by atoms with Crippen molar-refractivity contribution in [3.63, 3.8) is 0 Å². The van der Waals surface area contributed by atoms with Gasteiger partial charge in [0.2, 0.25) is 0 Å². The van der Waals surface area contributed by atoms with Crippen LogP contribution in [0, 0.1) is 0 Å². The maximum absolute atomic E-state index is 3.40. The van der Waals surface area contributed by atoms with Gasteiger partial charge in [-0.15, -0.1) is 0 Å². The highest BCUT2D eigenvalue weighted by molar-refractivity contribution is 8.06. The number of nitrogens with zero attached hydrogens (tertiary/aromatic N) is 1. The lowest BCUT2D eigenvalue weighted by molar-refractivity contribution is 0.245. The molecular formula is C9H18N2S2. The molecule has 2 aliphatic heterocycles. The minimum absolute atomic E-state index is 0.900. The van der Waals surface area contributed by atoms with E-state index in [1.54, 1.807) is 0 Å². The first-order valence-corrected chi connectivity index (χ1v) is 7.28. The molecule has 4 heteroatoms.